The summed E-state index contributed by atoms with van der Waals surface area (Å²) in [4.78, 5) is 15.2. The molecule has 180 valence electrons. The first-order chi connectivity index (χ1) is 16.3. The van der Waals surface area contributed by atoms with E-state index in [-0.39, 0.29) is 18.3 Å². The van der Waals surface area contributed by atoms with Gasteiger partial charge in [0.2, 0.25) is 0 Å². The van der Waals surface area contributed by atoms with E-state index in [1.807, 2.05) is 4.68 Å². The van der Waals surface area contributed by atoms with E-state index in [4.69, 9.17) is 9.72 Å². The first kappa shape index (κ1) is 21.6. The molecule has 0 spiro atoms. The van der Waals surface area contributed by atoms with Crippen LogP contribution in [0.2, 0.25) is 0 Å². The van der Waals surface area contributed by atoms with Gasteiger partial charge in [0.25, 0.3) is 0 Å². The van der Waals surface area contributed by atoms with Crippen LogP contribution in [0.4, 0.5) is 19.0 Å². The van der Waals surface area contributed by atoms with Crippen molar-refractivity contribution in [2.75, 3.05) is 24.6 Å². The van der Waals surface area contributed by atoms with Gasteiger partial charge in [0.1, 0.15) is 17.1 Å². The fourth-order valence-corrected chi connectivity index (χ4v) is 5.99. The van der Waals surface area contributed by atoms with E-state index in [1.165, 1.54) is 31.4 Å². The summed E-state index contributed by atoms with van der Waals surface area (Å²) in [6.45, 7) is 4.68. The number of piperidine rings is 1. The summed E-state index contributed by atoms with van der Waals surface area (Å²) in [5, 5.41) is 4.55. The molecule has 3 saturated carbocycles. The topological polar surface area (TPSA) is 69.0 Å². The van der Waals surface area contributed by atoms with Crippen LogP contribution < -0.4 is 9.64 Å². The highest BCUT2D eigenvalue weighted by Crippen LogP contribution is 2.65. The van der Waals surface area contributed by atoms with Crippen molar-refractivity contribution in [1.29, 1.82) is 0 Å². The Labute approximate surface area is 195 Å². The first-order valence-corrected chi connectivity index (χ1v) is 11.9. The zero-order valence-corrected chi connectivity index (χ0v) is 19.0. The average molecular weight is 473 g/mol. The molecular weight excluding hydrogens is 445 g/mol. The Morgan fingerprint density at radius 2 is 1.97 bits per heavy atom. The van der Waals surface area contributed by atoms with Gasteiger partial charge < -0.3 is 9.64 Å². The molecule has 1 saturated heterocycles. The number of fused-ring (bicyclic) bond motifs is 1. The molecule has 4 heterocycles. The fourth-order valence-electron chi connectivity index (χ4n) is 5.99. The zero-order valence-electron chi connectivity index (χ0n) is 19.0. The second-order valence-corrected chi connectivity index (χ2v) is 10.5. The van der Waals surface area contributed by atoms with E-state index in [1.54, 1.807) is 12.4 Å². The molecule has 3 aromatic heterocycles. The Balaban J connectivity index is 1.17. The number of hydrogen-bond acceptors (Lipinski definition) is 6. The van der Waals surface area contributed by atoms with Crippen LogP contribution in [0, 0.1) is 23.2 Å². The summed E-state index contributed by atoms with van der Waals surface area (Å²) >= 11 is 0. The molecule has 3 aromatic rings. The molecule has 0 amide bonds. The molecular formula is C24H27F3N6O. The van der Waals surface area contributed by atoms with Crippen molar-refractivity contribution < 1.29 is 17.9 Å². The van der Waals surface area contributed by atoms with Gasteiger partial charge in [-0.15, -0.1) is 0 Å². The maximum absolute atomic E-state index is 13.3. The van der Waals surface area contributed by atoms with E-state index in [9.17, 15) is 13.2 Å². The zero-order chi connectivity index (χ0) is 23.5. The van der Waals surface area contributed by atoms with Crippen LogP contribution in [-0.4, -0.2) is 44.4 Å². The van der Waals surface area contributed by atoms with E-state index >= 15 is 0 Å². The van der Waals surface area contributed by atoms with Gasteiger partial charge in [-0.2, -0.15) is 18.3 Å². The lowest BCUT2D eigenvalue weighted by Crippen LogP contribution is -2.54. The number of pyridine rings is 1. The second kappa shape index (κ2) is 7.81. The van der Waals surface area contributed by atoms with Crippen molar-refractivity contribution in [1.82, 2.24) is 24.7 Å². The summed E-state index contributed by atoms with van der Waals surface area (Å²) in [7, 11) is 0. The van der Waals surface area contributed by atoms with E-state index in [0.29, 0.717) is 17.9 Å². The highest BCUT2D eigenvalue weighted by atomic mass is 19.4. The average Bonchev–Trinajstić information content (AvgIpc) is 3.15. The molecule has 34 heavy (non-hydrogen) atoms. The van der Waals surface area contributed by atoms with Gasteiger partial charge in [-0.3, -0.25) is 0 Å². The first-order valence-electron chi connectivity index (χ1n) is 11.9. The SMILES string of the molecule is C[C@@H]1C[C@H](COc2cccnc2C(F)(F)F)CN(c2cnc3cnn(CC45CC(C4)C5)c3n2)C1. The molecule has 0 unspecified atom stereocenters. The highest BCUT2D eigenvalue weighted by molar-refractivity contribution is 5.71. The summed E-state index contributed by atoms with van der Waals surface area (Å²) in [6, 6.07) is 2.79. The lowest BCUT2D eigenvalue weighted by atomic mass is 9.44. The summed E-state index contributed by atoms with van der Waals surface area (Å²) < 4.78 is 47.4. The number of hydrogen-bond donors (Lipinski definition) is 0. The monoisotopic (exact) mass is 472 g/mol. The number of rotatable bonds is 6. The van der Waals surface area contributed by atoms with E-state index in [0.717, 1.165) is 48.6 Å². The smallest absolute Gasteiger partial charge is 0.437 e. The second-order valence-electron chi connectivity index (χ2n) is 10.5. The lowest BCUT2D eigenvalue weighted by molar-refractivity contribution is -0.142. The predicted molar refractivity (Wildman–Crippen MR) is 119 cm³/mol. The van der Waals surface area contributed by atoms with Crippen LogP contribution in [0.25, 0.3) is 11.2 Å². The van der Waals surface area contributed by atoms with Crippen LogP contribution in [0.1, 0.15) is 38.3 Å². The minimum absolute atomic E-state index is 0.0632. The maximum Gasteiger partial charge on any atom is 0.437 e. The van der Waals surface area contributed by atoms with Crippen molar-refractivity contribution in [3.63, 3.8) is 0 Å². The largest absolute Gasteiger partial charge is 0.491 e. The van der Waals surface area contributed by atoms with Crippen molar-refractivity contribution in [3.8, 4) is 5.75 Å². The third-order valence-electron chi connectivity index (χ3n) is 7.57. The quantitative estimate of drug-likeness (QED) is 0.523. The number of ether oxygens (including phenoxy) is 1. The van der Waals surface area contributed by atoms with E-state index < -0.39 is 11.9 Å². The molecule has 4 aliphatic rings. The molecule has 0 radical (unpaired) electrons. The molecule has 10 heteroatoms. The van der Waals surface area contributed by atoms with Crippen molar-refractivity contribution >= 4 is 17.0 Å². The molecule has 0 aromatic carbocycles. The lowest BCUT2D eigenvalue weighted by Gasteiger charge is -2.61. The highest BCUT2D eigenvalue weighted by Gasteiger charge is 2.56. The summed E-state index contributed by atoms with van der Waals surface area (Å²) in [6.07, 6.45) is 4.88. The predicted octanol–water partition coefficient (Wildman–Crippen LogP) is 4.58. The number of alkyl halides is 3. The molecule has 0 N–H and O–H groups in total. The van der Waals surface area contributed by atoms with Crippen LogP contribution >= 0.6 is 0 Å². The van der Waals surface area contributed by atoms with Crippen LogP contribution in [0.15, 0.2) is 30.7 Å². The number of anilines is 1. The van der Waals surface area contributed by atoms with Crippen LogP contribution in [-0.2, 0) is 12.7 Å². The summed E-state index contributed by atoms with van der Waals surface area (Å²) in [5.41, 5.74) is 1.02. The Hall–Kier alpha value is -2.91. The Bertz CT molecular complexity index is 1190. The van der Waals surface area contributed by atoms with E-state index in [2.05, 4.69) is 26.9 Å². The molecule has 1 aliphatic heterocycles. The molecule has 4 fully saturated rings. The third-order valence-corrected chi connectivity index (χ3v) is 7.57. The third kappa shape index (κ3) is 3.86. The van der Waals surface area contributed by atoms with Gasteiger partial charge in [-0.05, 0) is 55.1 Å². The standard InChI is InChI=1S/C24H27F3N6O/c1-15-5-16(13-34-19-3-2-4-28-21(19)24(25,26)27)12-32(11-15)20-10-29-18-9-30-33(22(18)31-20)14-23-6-17(7-23)8-23/h2-4,9-10,15-17H,5-8,11-14H2,1H3/t15-,16+,17?,23?/m1/s1. The van der Waals surface area contributed by atoms with Gasteiger partial charge in [0.15, 0.2) is 11.3 Å². The number of halogens is 3. The Morgan fingerprint density at radius 1 is 1.15 bits per heavy atom. The molecule has 2 bridgehead atoms. The van der Waals surface area contributed by atoms with Gasteiger partial charge in [-0.1, -0.05) is 6.92 Å². The van der Waals surface area contributed by atoms with Crippen molar-refractivity contribution in [2.45, 2.75) is 45.3 Å². The van der Waals surface area contributed by atoms with Crippen LogP contribution in [0.5, 0.6) is 5.75 Å². The molecule has 7 rings (SSSR count). The summed E-state index contributed by atoms with van der Waals surface area (Å²) in [5.74, 6) is 1.88. The van der Waals surface area contributed by atoms with Gasteiger partial charge in [-0.25, -0.2) is 19.6 Å². The van der Waals surface area contributed by atoms with Crippen LogP contribution in [0.3, 0.4) is 0 Å². The van der Waals surface area contributed by atoms with Gasteiger partial charge in [0.05, 0.1) is 19.0 Å². The van der Waals surface area contributed by atoms with Gasteiger partial charge >= 0.3 is 6.18 Å². The Kier molecular flexibility index (Phi) is 4.97. The van der Waals surface area contributed by atoms with Crippen molar-refractivity contribution in [3.05, 3.63) is 36.4 Å². The maximum atomic E-state index is 13.3. The molecule has 2 atom stereocenters. The normalized spacial score (nSPS) is 28.5. The van der Waals surface area contributed by atoms with Crippen molar-refractivity contribution in [2.24, 2.45) is 23.2 Å². The number of aromatic nitrogens is 5. The van der Waals surface area contributed by atoms with Gasteiger partial charge in [0, 0.05) is 31.7 Å². The molecule has 7 nitrogen and oxygen atoms in total. The molecule has 3 aliphatic carbocycles. The fraction of sp³-hybridized carbons (Fsp3) is 0.583. The minimum atomic E-state index is -4.55. The Morgan fingerprint density at radius 3 is 2.71 bits per heavy atom. The number of nitrogens with zero attached hydrogens (tertiary/aromatic N) is 6. The minimum Gasteiger partial charge on any atom is -0.491 e.